The molecule has 0 saturated carbocycles. The molecule has 1 aliphatic rings. The molecule has 0 radical (unpaired) electrons. The second kappa shape index (κ2) is 8.08. The van der Waals surface area contributed by atoms with Crippen molar-refractivity contribution >= 4 is 34.2 Å². The molecule has 118 valence electrons. The maximum Gasteiger partial charge on any atom is 0.255 e. The molecule has 0 spiro atoms. The van der Waals surface area contributed by atoms with Gasteiger partial charge in [-0.15, -0.1) is 12.4 Å². The number of amides is 1. The van der Waals surface area contributed by atoms with Gasteiger partial charge in [-0.1, -0.05) is 0 Å². The summed E-state index contributed by atoms with van der Waals surface area (Å²) in [6, 6.07) is 4.04. The predicted octanol–water partition coefficient (Wildman–Crippen LogP) is 2.59. The second-order valence-corrected chi connectivity index (χ2v) is 5.75. The van der Waals surface area contributed by atoms with Crippen molar-refractivity contribution in [3.8, 4) is 0 Å². The van der Waals surface area contributed by atoms with Crippen LogP contribution >= 0.6 is 28.3 Å². The molecule has 1 heterocycles. The molecule has 2 unspecified atom stereocenters. The van der Waals surface area contributed by atoms with Crippen molar-refractivity contribution in [2.24, 2.45) is 5.73 Å². The van der Waals surface area contributed by atoms with E-state index in [1.165, 1.54) is 12.1 Å². The van der Waals surface area contributed by atoms with Gasteiger partial charge in [0.25, 0.3) is 5.91 Å². The Bertz CT molecular complexity index is 504. The molecule has 0 bridgehead atoms. The van der Waals surface area contributed by atoms with Gasteiger partial charge >= 0.3 is 0 Å². The van der Waals surface area contributed by atoms with E-state index < -0.39 is 5.82 Å². The Labute approximate surface area is 138 Å². The number of methoxy groups -OCH3 is 1. The Hall–Kier alpha value is -0.690. The largest absolute Gasteiger partial charge is 0.381 e. The summed E-state index contributed by atoms with van der Waals surface area (Å²) in [6.45, 7) is 0.945. The van der Waals surface area contributed by atoms with Crippen LogP contribution in [0.4, 0.5) is 4.39 Å². The fourth-order valence-corrected chi connectivity index (χ4v) is 2.95. The third kappa shape index (κ3) is 4.16. The monoisotopic (exact) mass is 380 g/mol. The lowest BCUT2D eigenvalue weighted by Gasteiger charge is -2.38. The molecule has 21 heavy (non-hydrogen) atoms. The van der Waals surface area contributed by atoms with Crippen LogP contribution in [0.3, 0.4) is 0 Å². The first kappa shape index (κ1) is 18.4. The third-order valence-corrected chi connectivity index (χ3v) is 4.38. The highest BCUT2D eigenvalue weighted by Gasteiger charge is 2.32. The van der Waals surface area contributed by atoms with Crippen molar-refractivity contribution < 1.29 is 13.9 Å². The minimum absolute atomic E-state index is 0. The summed E-state index contributed by atoms with van der Waals surface area (Å²) in [5.41, 5.74) is 6.09. The normalized spacial score (nSPS) is 21.8. The summed E-state index contributed by atoms with van der Waals surface area (Å²) < 4.78 is 19.3. The molecule has 7 heteroatoms. The number of hydrogen-bond donors (Lipinski definition) is 1. The lowest BCUT2D eigenvalue weighted by molar-refractivity contribution is 0.0138. The van der Waals surface area contributed by atoms with Crippen LogP contribution in [-0.4, -0.2) is 43.2 Å². The molecule has 1 saturated heterocycles. The number of nitrogens with two attached hydrogens (primary N) is 1. The van der Waals surface area contributed by atoms with Gasteiger partial charge in [-0.25, -0.2) is 4.39 Å². The SMILES string of the molecule is COC1CCN(C(=O)c2cc(F)ccc2Br)C(CN)C1.Cl. The van der Waals surface area contributed by atoms with Gasteiger partial charge in [0.2, 0.25) is 0 Å². The van der Waals surface area contributed by atoms with E-state index in [2.05, 4.69) is 15.9 Å². The minimum atomic E-state index is -0.423. The number of halogens is 3. The summed E-state index contributed by atoms with van der Waals surface area (Å²) in [7, 11) is 1.67. The maximum atomic E-state index is 13.3. The first-order valence-electron chi connectivity index (χ1n) is 6.55. The standard InChI is InChI=1S/C14H18BrFN2O2.ClH/c1-20-11-4-5-18(10(7-11)8-17)14(19)12-6-9(16)2-3-13(12)15;/h2-3,6,10-11H,4-5,7-8,17H2,1H3;1H. The first-order chi connectivity index (χ1) is 9.56. The van der Waals surface area contributed by atoms with Crippen LogP contribution in [0.1, 0.15) is 23.2 Å². The van der Waals surface area contributed by atoms with Gasteiger partial charge in [-0.2, -0.15) is 0 Å². The highest BCUT2D eigenvalue weighted by Crippen LogP contribution is 2.25. The maximum absolute atomic E-state index is 13.3. The number of carbonyl (C=O) groups excluding carboxylic acids is 1. The molecule has 2 N–H and O–H groups in total. The fraction of sp³-hybridized carbons (Fsp3) is 0.500. The Morgan fingerprint density at radius 3 is 2.90 bits per heavy atom. The number of nitrogens with zero attached hydrogens (tertiary/aromatic N) is 1. The summed E-state index contributed by atoms with van der Waals surface area (Å²) in [5.74, 6) is -0.617. The van der Waals surface area contributed by atoms with Crippen LogP contribution in [0.25, 0.3) is 0 Å². The molecule has 1 aromatic carbocycles. The Kier molecular flexibility index (Phi) is 7.06. The number of rotatable bonds is 3. The zero-order valence-corrected chi connectivity index (χ0v) is 14.1. The molecular formula is C14H19BrClFN2O2. The van der Waals surface area contributed by atoms with Crippen LogP contribution in [0, 0.1) is 5.82 Å². The van der Waals surface area contributed by atoms with Crippen molar-refractivity contribution in [3.63, 3.8) is 0 Å². The van der Waals surface area contributed by atoms with Gasteiger partial charge in [0.1, 0.15) is 5.82 Å². The summed E-state index contributed by atoms with van der Waals surface area (Å²) in [5, 5.41) is 0. The Morgan fingerprint density at radius 1 is 1.57 bits per heavy atom. The van der Waals surface area contributed by atoms with Crippen LogP contribution in [0.2, 0.25) is 0 Å². The van der Waals surface area contributed by atoms with E-state index in [4.69, 9.17) is 10.5 Å². The average molecular weight is 382 g/mol. The third-order valence-electron chi connectivity index (χ3n) is 3.69. The molecular weight excluding hydrogens is 363 g/mol. The minimum Gasteiger partial charge on any atom is -0.381 e. The molecule has 0 aliphatic carbocycles. The molecule has 4 nitrogen and oxygen atoms in total. The van der Waals surface area contributed by atoms with E-state index in [1.54, 1.807) is 18.1 Å². The first-order valence-corrected chi connectivity index (χ1v) is 7.35. The van der Waals surface area contributed by atoms with Crippen molar-refractivity contribution in [3.05, 3.63) is 34.1 Å². The number of ether oxygens (including phenoxy) is 1. The summed E-state index contributed by atoms with van der Waals surface area (Å²) >= 11 is 3.29. The van der Waals surface area contributed by atoms with Gasteiger partial charge in [-0.3, -0.25) is 4.79 Å². The van der Waals surface area contributed by atoms with E-state index in [0.29, 0.717) is 29.5 Å². The second-order valence-electron chi connectivity index (χ2n) is 4.89. The smallest absolute Gasteiger partial charge is 0.255 e. The lowest BCUT2D eigenvalue weighted by Crippen LogP contribution is -2.51. The van der Waals surface area contributed by atoms with Crippen LogP contribution in [-0.2, 0) is 4.74 Å². The van der Waals surface area contributed by atoms with Crippen molar-refractivity contribution in [1.29, 1.82) is 0 Å². The van der Waals surface area contributed by atoms with Crippen molar-refractivity contribution in [1.82, 2.24) is 4.90 Å². The Morgan fingerprint density at radius 2 is 2.29 bits per heavy atom. The highest BCUT2D eigenvalue weighted by atomic mass is 79.9. The van der Waals surface area contributed by atoms with Gasteiger partial charge in [0, 0.05) is 30.7 Å². The van der Waals surface area contributed by atoms with Crippen LogP contribution in [0.15, 0.2) is 22.7 Å². The van der Waals surface area contributed by atoms with E-state index in [0.717, 1.165) is 6.42 Å². The number of piperidine rings is 1. The van der Waals surface area contributed by atoms with E-state index in [9.17, 15) is 9.18 Å². The zero-order chi connectivity index (χ0) is 14.7. The van der Waals surface area contributed by atoms with Crippen LogP contribution in [0.5, 0.6) is 0 Å². The zero-order valence-electron chi connectivity index (χ0n) is 11.7. The molecule has 2 rings (SSSR count). The number of carbonyl (C=O) groups is 1. The summed E-state index contributed by atoms with van der Waals surface area (Å²) in [6.07, 6.45) is 1.61. The number of likely N-dealkylation sites (tertiary alicyclic amines) is 1. The van der Waals surface area contributed by atoms with Gasteiger partial charge in [0.05, 0.1) is 11.7 Å². The average Bonchev–Trinajstić information content (AvgIpc) is 2.48. The van der Waals surface area contributed by atoms with E-state index in [-0.39, 0.29) is 30.5 Å². The van der Waals surface area contributed by atoms with Gasteiger partial charge in [-0.05, 0) is 47.0 Å². The highest BCUT2D eigenvalue weighted by molar-refractivity contribution is 9.10. The molecule has 1 aliphatic heterocycles. The lowest BCUT2D eigenvalue weighted by atomic mass is 9.98. The van der Waals surface area contributed by atoms with Gasteiger partial charge < -0.3 is 15.4 Å². The van der Waals surface area contributed by atoms with Crippen molar-refractivity contribution in [2.45, 2.75) is 25.0 Å². The molecule has 2 atom stereocenters. The van der Waals surface area contributed by atoms with Crippen molar-refractivity contribution in [2.75, 3.05) is 20.2 Å². The predicted molar refractivity (Wildman–Crippen MR) is 85.3 cm³/mol. The van der Waals surface area contributed by atoms with Crippen LogP contribution < -0.4 is 5.73 Å². The number of benzene rings is 1. The molecule has 0 aromatic heterocycles. The molecule has 1 fully saturated rings. The van der Waals surface area contributed by atoms with Gasteiger partial charge in [0.15, 0.2) is 0 Å². The summed E-state index contributed by atoms with van der Waals surface area (Å²) in [4.78, 5) is 14.3. The quantitative estimate of drug-likeness (QED) is 0.875. The fourth-order valence-electron chi connectivity index (χ4n) is 2.54. The van der Waals surface area contributed by atoms with E-state index >= 15 is 0 Å². The van der Waals surface area contributed by atoms with E-state index in [1.807, 2.05) is 0 Å². The molecule has 1 aromatic rings. The Balaban J connectivity index is 0.00000220. The molecule has 1 amide bonds. The number of hydrogen-bond acceptors (Lipinski definition) is 3. The topological polar surface area (TPSA) is 55.6 Å².